The Morgan fingerprint density at radius 2 is 1.14 bits per heavy atom. The van der Waals surface area contributed by atoms with Crippen molar-refractivity contribution in [3.05, 3.63) is 192 Å². The summed E-state index contributed by atoms with van der Waals surface area (Å²) in [4.78, 5) is 2.36. The van der Waals surface area contributed by atoms with Crippen LogP contribution in [-0.2, 0) is 10.8 Å². The summed E-state index contributed by atoms with van der Waals surface area (Å²) in [6, 6.07) is 46.4. The monoisotopic (exact) mass is 665 g/mol. The quantitative estimate of drug-likeness (QED) is 0.153. The van der Waals surface area contributed by atoms with E-state index in [0.717, 1.165) is 33.2 Å². The Morgan fingerprint density at radius 3 is 1.82 bits per heavy atom. The van der Waals surface area contributed by atoms with Crippen molar-refractivity contribution in [2.75, 3.05) is 4.90 Å². The summed E-state index contributed by atoms with van der Waals surface area (Å²) in [6.07, 6.45) is 5.67. The summed E-state index contributed by atoms with van der Waals surface area (Å²) >= 11 is 6.89. The van der Waals surface area contributed by atoms with E-state index in [1.54, 1.807) is 6.08 Å². The number of fused-ring (bicyclic) bond motifs is 6. The molecule has 1 nitrogen and oxygen atoms in total. The molecule has 6 aromatic carbocycles. The fraction of sp³-hybridized carbons (Fsp3) is 0.125. The number of anilines is 3. The van der Waals surface area contributed by atoms with Gasteiger partial charge in [0, 0.05) is 38.5 Å². The van der Waals surface area contributed by atoms with Gasteiger partial charge in [0.15, 0.2) is 0 Å². The minimum Gasteiger partial charge on any atom is -0.310 e. The molecule has 0 saturated heterocycles. The zero-order valence-electron chi connectivity index (χ0n) is 29.1. The smallest absolute Gasteiger partial charge is 0.0487 e. The first-order valence-corrected chi connectivity index (χ1v) is 17.7. The normalized spacial score (nSPS) is 14.7. The number of nitrogens with zero attached hydrogens (tertiary/aromatic N) is 1. The molecule has 0 unspecified atom stereocenters. The van der Waals surface area contributed by atoms with E-state index < -0.39 is 0 Å². The van der Waals surface area contributed by atoms with E-state index in [-0.39, 0.29) is 10.8 Å². The van der Waals surface area contributed by atoms with Gasteiger partial charge in [-0.15, -0.1) is 0 Å². The molecule has 0 aliphatic heterocycles. The molecule has 50 heavy (non-hydrogen) atoms. The lowest BCUT2D eigenvalue weighted by Gasteiger charge is -2.28. The summed E-state index contributed by atoms with van der Waals surface area (Å²) in [5, 5.41) is 0.824. The van der Waals surface area contributed by atoms with Gasteiger partial charge in [0.2, 0.25) is 0 Å². The fourth-order valence-electron chi connectivity index (χ4n) is 8.19. The van der Waals surface area contributed by atoms with Crippen molar-refractivity contribution in [1.82, 2.24) is 0 Å². The summed E-state index contributed by atoms with van der Waals surface area (Å²) in [7, 11) is 0. The lowest BCUT2D eigenvalue weighted by molar-refractivity contribution is 0.652. The highest BCUT2D eigenvalue weighted by Gasteiger charge is 2.42. The fourth-order valence-corrected chi connectivity index (χ4v) is 8.46. The Bertz CT molecular complexity index is 2340. The molecular weight excluding hydrogens is 626 g/mol. The Hall–Kier alpha value is -5.37. The molecule has 0 heterocycles. The molecule has 0 bridgehead atoms. The SMILES string of the molecule is C=C/C=C(\C=C)c1ccc(N(c2ccc(-c3ccccc3)cc2)c2ccc3c(c2)C(C)(C)c2cc4c(cc2-3)C(C)(C)c2cccc(Cl)c2-4)cc1. The standard InChI is InChI=1S/C48H40ClN/c1-7-13-31(8-2)33-18-22-35(23-19-33)50(36-24-20-34(21-25-36)32-14-10-9-11-15-32)37-26-27-38-39-29-44-40(30-43(39)48(5,6)42(38)28-37)46-41(47(44,3)4)16-12-17-45(46)49/h7-30H,1-2H2,3-6H3/b31-13+. The lowest BCUT2D eigenvalue weighted by atomic mass is 9.79. The third kappa shape index (κ3) is 4.91. The van der Waals surface area contributed by atoms with E-state index in [1.807, 2.05) is 18.2 Å². The Balaban J connectivity index is 1.26. The number of benzene rings is 6. The van der Waals surface area contributed by atoms with Crippen LogP contribution in [0.2, 0.25) is 5.02 Å². The molecule has 0 fully saturated rings. The van der Waals surface area contributed by atoms with Crippen molar-refractivity contribution < 1.29 is 0 Å². The van der Waals surface area contributed by atoms with Crippen molar-refractivity contribution in [1.29, 1.82) is 0 Å². The number of hydrogen-bond donors (Lipinski definition) is 0. The van der Waals surface area contributed by atoms with Gasteiger partial charge in [-0.1, -0.05) is 143 Å². The summed E-state index contributed by atoms with van der Waals surface area (Å²) in [5.74, 6) is 0. The summed E-state index contributed by atoms with van der Waals surface area (Å²) < 4.78 is 0. The number of allylic oxidation sites excluding steroid dienone is 4. The molecule has 244 valence electrons. The van der Waals surface area contributed by atoms with Crippen LogP contribution in [0, 0.1) is 0 Å². The van der Waals surface area contributed by atoms with Gasteiger partial charge < -0.3 is 4.90 Å². The molecule has 0 atom stereocenters. The van der Waals surface area contributed by atoms with Gasteiger partial charge in [-0.2, -0.15) is 0 Å². The lowest BCUT2D eigenvalue weighted by Crippen LogP contribution is -2.17. The maximum absolute atomic E-state index is 6.89. The number of hydrogen-bond acceptors (Lipinski definition) is 1. The van der Waals surface area contributed by atoms with Crippen LogP contribution in [0.15, 0.2) is 159 Å². The zero-order chi connectivity index (χ0) is 34.8. The molecule has 2 aliphatic rings. The molecule has 0 amide bonds. The van der Waals surface area contributed by atoms with E-state index in [4.69, 9.17) is 11.6 Å². The van der Waals surface area contributed by atoms with Gasteiger partial charge in [0.05, 0.1) is 0 Å². The highest BCUT2D eigenvalue weighted by Crippen LogP contribution is 2.57. The first-order valence-electron chi connectivity index (χ1n) is 17.3. The summed E-state index contributed by atoms with van der Waals surface area (Å²) in [6.45, 7) is 17.3. The average Bonchev–Trinajstić information content (AvgIpc) is 3.50. The molecule has 0 aromatic heterocycles. The minimum absolute atomic E-state index is 0.126. The van der Waals surface area contributed by atoms with Crippen molar-refractivity contribution in [3.8, 4) is 33.4 Å². The molecule has 0 radical (unpaired) electrons. The van der Waals surface area contributed by atoms with Gasteiger partial charge in [0.1, 0.15) is 0 Å². The van der Waals surface area contributed by atoms with Gasteiger partial charge in [-0.3, -0.25) is 0 Å². The third-order valence-electron chi connectivity index (χ3n) is 10.9. The van der Waals surface area contributed by atoms with Gasteiger partial charge in [-0.25, -0.2) is 0 Å². The molecule has 6 aromatic rings. The van der Waals surface area contributed by atoms with Crippen LogP contribution in [0.5, 0.6) is 0 Å². The van der Waals surface area contributed by atoms with Crippen molar-refractivity contribution in [2.24, 2.45) is 0 Å². The molecule has 0 N–H and O–H groups in total. The Kier molecular flexibility index (Phi) is 7.58. The van der Waals surface area contributed by atoms with Gasteiger partial charge in [0.25, 0.3) is 0 Å². The largest absolute Gasteiger partial charge is 0.310 e. The molecular formula is C48H40ClN. The van der Waals surface area contributed by atoms with Crippen LogP contribution >= 0.6 is 11.6 Å². The highest BCUT2D eigenvalue weighted by atomic mass is 35.5. The van der Waals surface area contributed by atoms with Crippen LogP contribution in [-0.4, -0.2) is 0 Å². The first-order chi connectivity index (χ1) is 24.1. The number of halogens is 1. The predicted octanol–water partition coefficient (Wildman–Crippen LogP) is 13.8. The molecule has 2 heteroatoms. The van der Waals surface area contributed by atoms with E-state index in [0.29, 0.717) is 0 Å². The van der Waals surface area contributed by atoms with E-state index >= 15 is 0 Å². The van der Waals surface area contributed by atoms with Gasteiger partial charge in [-0.05, 0) is 116 Å². The second-order valence-corrected chi connectivity index (χ2v) is 14.8. The predicted molar refractivity (Wildman–Crippen MR) is 215 cm³/mol. The highest BCUT2D eigenvalue weighted by molar-refractivity contribution is 6.34. The average molecular weight is 666 g/mol. The van der Waals surface area contributed by atoms with Crippen LogP contribution in [0.4, 0.5) is 17.1 Å². The molecule has 2 aliphatic carbocycles. The molecule has 0 saturated carbocycles. The van der Waals surface area contributed by atoms with E-state index in [9.17, 15) is 0 Å². The second-order valence-electron chi connectivity index (χ2n) is 14.4. The van der Waals surface area contributed by atoms with E-state index in [2.05, 4.69) is 167 Å². The number of rotatable bonds is 7. The third-order valence-corrected chi connectivity index (χ3v) is 11.2. The van der Waals surface area contributed by atoms with Crippen LogP contribution in [0.25, 0.3) is 39.0 Å². The van der Waals surface area contributed by atoms with Crippen molar-refractivity contribution in [3.63, 3.8) is 0 Å². The topological polar surface area (TPSA) is 3.24 Å². The van der Waals surface area contributed by atoms with Crippen molar-refractivity contribution in [2.45, 2.75) is 38.5 Å². The summed E-state index contributed by atoms with van der Waals surface area (Å²) in [5.41, 5.74) is 17.9. The zero-order valence-corrected chi connectivity index (χ0v) is 29.9. The van der Waals surface area contributed by atoms with Crippen LogP contribution in [0.1, 0.15) is 55.5 Å². The van der Waals surface area contributed by atoms with Crippen LogP contribution < -0.4 is 4.90 Å². The Labute approximate surface area is 301 Å². The first kappa shape index (κ1) is 31.9. The maximum Gasteiger partial charge on any atom is 0.0487 e. The molecule has 8 rings (SSSR count). The maximum atomic E-state index is 6.89. The Morgan fingerprint density at radius 1 is 0.560 bits per heavy atom. The van der Waals surface area contributed by atoms with Gasteiger partial charge >= 0.3 is 0 Å². The van der Waals surface area contributed by atoms with Crippen molar-refractivity contribution >= 4 is 34.2 Å². The second kappa shape index (κ2) is 11.9. The molecule has 0 spiro atoms. The minimum atomic E-state index is -0.203. The van der Waals surface area contributed by atoms with E-state index in [1.165, 1.54) is 55.6 Å². The van der Waals surface area contributed by atoms with Crippen LogP contribution in [0.3, 0.4) is 0 Å².